The highest BCUT2D eigenvalue weighted by Gasteiger charge is 2.38. The summed E-state index contributed by atoms with van der Waals surface area (Å²) >= 11 is 0.435. The van der Waals surface area contributed by atoms with Gasteiger partial charge in [0.2, 0.25) is 5.88 Å². The number of ether oxygens (including phenoxy) is 1. The van der Waals surface area contributed by atoms with Crippen molar-refractivity contribution in [1.29, 1.82) is 0 Å². The first kappa shape index (κ1) is 17.7. The molecule has 126 valence electrons. The minimum absolute atomic E-state index is 0.151. The molecule has 0 aliphatic carbocycles. The standard InChI is InChI=1S/C13H12F3NO4S2/c1-20-11-4-3-8(5-17-11)9-6-22-12(13(14,15)16)10(9)7-23(18,19)21-2/h3-6H,7H2,1-2H3. The zero-order valence-corrected chi connectivity index (χ0v) is 13.7. The first-order valence-corrected chi connectivity index (χ1v) is 8.60. The molecule has 0 atom stereocenters. The third-order valence-corrected chi connectivity index (χ3v) is 5.20. The Bertz CT molecular complexity index is 783. The van der Waals surface area contributed by atoms with Crippen LogP contribution in [0.5, 0.6) is 5.88 Å². The van der Waals surface area contributed by atoms with Crippen molar-refractivity contribution in [2.45, 2.75) is 11.9 Å². The average Bonchev–Trinajstić information content (AvgIpc) is 2.90. The van der Waals surface area contributed by atoms with E-state index < -0.39 is 26.9 Å². The number of hydrogen-bond donors (Lipinski definition) is 0. The Kier molecular flexibility index (Phi) is 4.97. The number of methoxy groups -OCH3 is 1. The number of halogens is 3. The van der Waals surface area contributed by atoms with Crippen LogP contribution in [0.3, 0.4) is 0 Å². The van der Waals surface area contributed by atoms with Gasteiger partial charge in [-0.15, -0.1) is 11.3 Å². The van der Waals surface area contributed by atoms with Gasteiger partial charge in [0.05, 0.1) is 14.2 Å². The van der Waals surface area contributed by atoms with Crippen molar-refractivity contribution in [3.05, 3.63) is 34.2 Å². The van der Waals surface area contributed by atoms with Crippen molar-refractivity contribution >= 4 is 21.5 Å². The van der Waals surface area contributed by atoms with Gasteiger partial charge in [0.25, 0.3) is 10.1 Å². The summed E-state index contributed by atoms with van der Waals surface area (Å²) in [7, 11) is -1.79. The van der Waals surface area contributed by atoms with Crippen LogP contribution in [0.2, 0.25) is 0 Å². The lowest BCUT2D eigenvalue weighted by molar-refractivity contribution is -0.134. The molecule has 0 aliphatic heterocycles. The Labute approximate surface area is 134 Å². The number of thiophene rings is 1. The summed E-state index contributed by atoms with van der Waals surface area (Å²) in [5.41, 5.74) is 0.160. The first-order valence-electron chi connectivity index (χ1n) is 6.14. The maximum atomic E-state index is 13.1. The van der Waals surface area contributed by atoms with E-state index in [1.165, 1.54) is 30.8 Å². The Balaban J connectivity index is 2.57. The molecule has 23 heavy (non-hydrogen) atoms. The molecule has 0 bridgehead atoms. The summed E-state index contributed by atoms with van der Waals surface area (Å²) in [6.07, 6.45) is -3.33. The van der Waals surface area contributed by atoms with Gasteiger partial charge in [-0.2, -0.15) is 21.6 Å². The fraction of sp³-hybridized carbons (Fsp3) is 0.308. The topological polar surface area (TPSA) is 65.5 Å². The Morgan fingerprint density at radius 3 is 2.43 bits per heavy atom. The number of nitrogens with zero attached hydrogens (tertiary/aromatic N) is 1. The monoisotopic (exact) mass is 367 g/mol. The van der Waals surface area contributed by atoms with Crippen molar-refractivity contribution in [1.82, 2.24) is 4.98 Å². The summed E-state index contributed by atoms with van der Waals surface area (Å²) in [5.74, 6) is -0.575. The van der Waals surface area contributed by atoms with Gasteiger partial charge in [0.1, 0.15) is 10.6 Å². The van der Waals surface area contributed by atoms with Crippen LogP contribution in [0.1, 0.15) is 10.4 Å². The SMILES string of the molecule is COc1ccc(-c2csc(C(F)(F)F)c2CS(=O)(=O)OC)cn1. The van der Waals surface area contributed by atoms with Crippen molar-refractivity contribution in [3.63, 3.8) is 0 Å². The molecule has 2 rings (SSSR count). The van der Waals surface area contributed by atoms with E-state index in [-0.39, 0.29) is 11.1 Å². The van der Waals surface area contributed by atoms with E-state index in [1.54, 1.807) is 0 Å². The molecule has 0 amide bonds. The Hall–Kier alpha value is -1.65. The van der Waals surface area contributed by atoms with Gasteiger partial charge in [0, 0.05) is 23.4 Å². The molecule has 0 aromatic carbocycles. The van der Waals surface area contributed by atoms with Crippen molar-refractivity contribution in [2.75, 3.05) is 14.2 Å². The molecule has 2 aromatic heterocycles. The van der Waals surface area contributed by atoms with Crippen LogP contribution in [0, 0.1) is 0 Å². The Morgan fingerprint density at radius 2 is 1.96 bits per heavy atom. The number of pyridine rings is 1. The van der Waals surface area contributed by atoms with Gasteiger partial charge >= 0.3 is 6.18 Å². The van der Waals surface area contributed by atoms with Crippen molar-refractivity contribution < 1.29 is 30.5 Å². The molecule has 0 radical (unpaired) electrons. The van der Waals surface area contributed by atoms with Gasteiger partial charge in [-0.05, 0) is 17.0 Å². The van der Waals surface area contributed by atoms with E-state index in [1.807, 2.05) is 0 Å². The lowest BCUT2D eigenvalue weighted by Gasteiger charge is -2.10. The van der Waals surface area contributed by atoms with Gasteiger partial charge in [-0.1, -0.05) is 0 Å². The third-order valence-electron chi connectivity index (χ3n) is 2.98. The fourth-order valence-electron chi connectivity index (χ4n) is 1.90. The van der Waals surface area contributed by atoms with Crippen molar-refractivity contribution in [3.8, 4) is 17.0 Å². The summed E-state index contributed by atoms with van der Waals surface area (Å²) in [5, 5.41) is 1.26. The van der Waals surface area contributed by atoms with Crippen LogP contribution in [-0.4, -0.2) is 27.6 Å². The summed E-state index contributed by atoms with van der Waals surface area (Å²) in [6.45, 7) is 0. The molecule has 0 saturated carbocycles. The van der Waals surface area contributed by atoms with E-state index in [2.05, 4.69) is 9.17 Å². The zero-order valence-electron chi connectivity index (χ0n) is 12.0. The van der Waals surface area contributed by atoms with Gasteiger partial charge < -0.3 is 4.74 Å². The molecule has 0 N–H and O–H groups in total. The molecule has 0 spiro atoms. The Morgan fingerprint density at radius 1 is 1.26 bits per heavy atom. The lowest BCUT2D eigenvalue weighted by atomic mass is 10.1. The van der Waals surface area contributed by atoms with Crippen LogP contribution in [0.15, 0.2) is 23.7 Å². The van der Waals surface area contributed by atoms with Gasteiger partial charge in [-0.25, -0.2) is 4.98 Å². The van der Waals surface area contributed by atoms with Crippen molar-refractivity contribution in [2.24, 2.45) is 0 Å². The molecule has 5 nitrogen and oxygen atoms in total. The van der Waals surface area contributed by atoms with Gasteiger partial charge in [0.15, 0.2) is 0 Å². The number of rotatable bonds is 5. The predicted octanol–water partition coefficient (Wildman–Crippen LogP) is 3.31. The van der Waals surface area contributed by atoms with Gasteiger partial charge in [-0.3, -0.25) is 4.18 Å². The van der Waals surface area contributed by atoms with Crippen LogP contribution >= 0.6 is 11.3 Å². The second kappa shape index (κ2) is 6.46. The van der Waals surface area contributed by atoms with E-state index in [9.17, 15) is 21.6 Å². The first-order chi connectivity index (χ1) is 10.7. The maximum Gasteiger partial charge on any atom is 0.425 e. The average molecular weight is 367 g/mol. The summed E-state index contributed by atoms with van der Waals surface area (Å²) in [4.78, 5) is 2.95. The van der Waals surface area contributed by atoms with Crippen LogP contribution in [0.25, 0.3) is 11.1 Å². The zero-order chi connectivity index (χ0) is 17.3. The minimum Gasteiger partial charge on any atom is -0.481 e. The number of alkyl halides is 3. The molecular weight excluding hydrogens is 355 g/mol. The van der Waals surface area contributed by atoms with Crippen LogP contribution in [-0.2, 0) is 26.2 Å². The maximum absolute atomic E-state index is 13.1. The lowest BCUT2D eigenvalue weighted by Crippen LogP contribution is -2.12. The highest BCUT2D eigenvalue weighted by molar-refractivity contribution is 7.85. The third kappa shape index (κ3) is 4.01. The van der Waals surface area contributed by atoms with E-state index in [0.29, 0.717) is 22.8 Å². The molecule has 2 aromatic rings. The largest absolute Gasteiger partial charge is 0.481 e. The normalized spacial score (nSPS) is 12.4. The fourth-order valence-corrected chi connectivity index (χ4v) is 3.74. The second-order valence-electron chi connectivity index (χ2n) is 4.41. The summed E-state index contributed by atoms with van der Waals surface area (Å²) in [6, 6.07) is 2.99. The molecule has 0 unspecified atom stereocenters. The predicted molar refractivity (Wildman–Crippen MR) is 78.7 cm³/mol. The molecule has 0 fully saturated rings. The molecule has 0 saturated heterocycles. The quantitative estimate of drug-likeness (QED) is 0.759. The molecule has 0 aliphatic rings. The van der Waals surface area contributed by atoms with Crippen LogP contribution in [0.4, 0.5) is 13.2 Å². The molecule has 2 heterocycles. The molecular formula is C13H12F3NO4S2. The minimum atomic E-state index is -4.65. The highest BCUT2D eigenvalue weighted by atomic mass is 32.2. The summed E-state index contributed by atoms with van der Waals surface area (Å²) < 4.78 is 71.7. The number of hydrogen-bond acceptors (Lipinski definition) is 6. The van der Waals surface area contributed by atoms with E-state index in [0.717, 1.165) is 7.11 Å². The number of aromatic nitrogens is 1. The smallest absolute Gasteiger partial charge is 0.425 e. The second-order valence-corrected chi connectivity index (χ2v) is 7.03. The highest BCUT2D eigenvalue weighted by Crippen LogP contribution is 2.42. The molecule has 10 heteroatoms. The van der Waals surface area contributed by atoms with E-state index >= 15 is 0 Å². The van der Waals surface area contributed by atoms with E-state index in [4.69, 9.17) is 4.74 Å². The van der Waals surface area contributed by atoms with Crippen LogP contribution < -0.4 is 4.74 Å².